The highest BCUT2D eigenvalue weighted by atomic mass is 32.3. The summed E-state index contributed by atoms with van der Waals surface area (Å²) in [4.78, 5) is 30.7. The van der Waals surface area contributed by atoms with Gasteiger partial charge in [0.25, 0.3) is 20.0 Å². The Labute approximate surface area is 719 Å². The summed E-state index contributed by atoms with van der Waals surface area (Å²) < 4.78 is 130. The second-order valence-electron chi connectivity index (χ2n) is 36.2. The molecule has 23 nitrogen and oxygen atoms in total. The summed E-state index contributed by atoms with van der Waals surface area (Å²) in [5, 5.41) is 42.9. The van der Waals surface area contributed by atoms with E-state index in [1.54, 1.807) is 16.9 Å². The van der Waals surface area contributed by atoms with E-state index in [0.29, 0.717) is 142 Å². The highest BCUT2D eigenvalue weighted by Crippen LogP contribution is 2.51. The van der Waals surface area contributed by atoms with Crippen LogP contribution in [0.25, 0.3) is 0 Å². The number of rotatable bonds is 46. The van der Waals surface area contributed by atoms with Crippen molar-refractivity contribution in [2.45, 2.75) is 312 Å². The van der Waals surface area contributed by atoms with Crippen molar-refractivity contribution >= 4 is 91.2 Å². The molecule has 2 aliphatic carbocycles. The minimum absolute atomic E-state index is 0.0205. The van der Waals surface area contributed by atoms with Gasteiger partial charge in [-0.05, 0) is 225 Å². The van der Waals surface area contributed by atoms with E-state index < -0.39 is 87.1 Å². The van der Waals surface area contributed by atoms with Gasteiger partial charge in [0.05, 0.1) is 42.6 Å². The van der Waals surface area contributed by atoms with Crippen molar-refractivity contribution < 1.29 is 76.9 Å². The van der Waals surface area contributed by atoms with E-state index in [0.717, 1.165) is 70.6 Å². The Balaban J connectivity index is 0.000000335. The van der Waals surface area contributed by atoms with E-state index >= 15 is 0 Å². The van der Waals surface area contributed by atoms with Crippen LogP contribution in [-0.4, -0.2) is 193 Å². The molecule has 0 saturated heterocycles. The number of benzene rings is 2. The normalized spacial score (nSPS) is 23.1. The molecule has 118 heavy (non-hydrogen) atoms. The number of aliphatic hydroxyl groups is 3. The summed E-state index contributed by atoms with van der Waals surface area (Å²) in [5.41, 5.74) is 3.21. The third-order valence-electron chi connectivity index (χ3n) is 25.5. The van der Waals surface area contributed by atoms with E-state index in [4.69, 9.17) is 28.6 Å². The zero-order valence-corrected chi connectivity index (χ0v) is 80.1. The zero-order chi connectivity index (χ0) is 87.2. The lowest BCUT2D eigenvalue weighted by Gasteiger charge is -2.40. The van der Waals surface area contributed by atoms with Gasteiger partial charge in [-0.1, -0.05) is 153 Å². The molecule has 2 aromatic carbocycles. The van der Waals surface area contributed by atoms with Crippen molar-refractivity contribution in [3.63, 3.8) is 0 Å². The first-order chi connectivity index (χ1) is 55.4. The maximum Gasteiger partial charge on any atom is 0.253 e. The Hall–Kier alpha value is -3.95. The van der Waals surface area contributed by atoms with E-state index in [1.807, 2.05) is 32.0 Å². The molecule has 7 N–H and O–H groups in total. The summed E-state index contributed by atoms with van der Waals surface area (Å²) >= 11 is 1.28. The molecular weight excluding hydrogens is 1650 g/mol. The first kappa shape index (κ1) is 101. The molecule has 4 aromatic rings. The molecule has 4 aliphatic rings. The van der Waals surface area contributed by atoms with Crippen LogP contribution in [0.1, 0.15) is 238 Å². The van der Waals surface area contributed by atoms with Crippen molar-refractivity contribution in [3.8, 4) is 0 Å². The number of sulfonamides is 4. The summed E-state index contributed by atoms with van der Waals surface area (Å²) in [6, 6.07) is 22.3. The predicted octanol–water partition coefficient (Wildman–Crippen LogP) is 16.0. The van der Waals surface area contributed by atoms with Crippen LogP contribution in [0.5, 0.6) is 0 Å². The average molecular weight is 1790 g/mol. The van der Waals surface area contributed by atoms with Crippen LogP contribution in [-0.2, 0) is 80.8 Å². The highest BCUT2D eigenvalue weighted by molar-refractivity contribution is 7.94. The van der Waals surface area contributed by atoms with Crippen LogP contribution >= 0.6 is 22.7 Å². The Morgan fingerprint density at radius 2 is 0.975 bits per heavy atom. The second-order valence-corrected chi connectivity index (χ2v) is 55.6. The molecular formula is C87H144N6O17S6Si2. The summed E-state index contributed by atoms with van der Waals surface area (Å²) in [5.74, 6) is 1.09. The Bertz CT molecular complexity index is 4310. The van der Waals surface area contributed by atoms with Gasteiger partial charge in [0.15, 0.2) is 16.6 Å². The monoisotopic (exact) mass is 1790 g/mol. The van der Waals surface area contributed by atoms with Crippen molar-refractivity contribution in [1.29, 1.82) is 0 Å². The number of ether oxygens (including phenoxy) is 2. The smallest absolute Gasteiger partial charge is 0.253 e. The van der Waals surface area contributed by atoms with Gasteiger partial charge in [-0.2, -0.15) is 8.61 Å². The van der Waals surface area contributed by atoms with Gasteiger partial charge in [0.2, 0.25) is 31.9 Å². The predicted molar refractivity (Wildman–Crippen MR) is 478 cm³/mol. The van der Waals surface area contributed by atoms with Crippen LogP contribution in [0.15, 0.2) is 114 Å². The van der Waals surface area contributed by atoms with Gasteiger partial charge >= 0.3 is 0 Å². The lowest BCUT2D eigenvalue weighted by atomic mass is 9.84. The SMILES string of the molecule is CCN(C(=O)CCCCC/C=C\C[C@@H]1[C@@H](CC[C@H](C)CCc2ccccc2)[C@H](O[Si](C)(C)C(C)(C)C)C[C@@H]1O[Si](C)(C)C(C)(C)C)C1CN(CCCOC)S(=O)(=O)c2sc(S(N)(=O)=O)cc21.CCN(C(=O)CCCCC/C=C\C[C@@H]1[C@@H](CC[C@H](O)CCc2ccccc2)[C@H](O)C[C@@H]1O)C1CN(CCCOC)S(=O)(=O)c2sc(S(N)(=O)=O)cc21. The van der Waals surface area contributed by atoms with Gasteiger partial charge in [-0.3, -0.25) is 9.59 Å². The molecule has 2 amide bonds. The maximum atomic E-state index is 13.9. The Morgan fingerprint density at radius 1 is 0.568 bits per heavy atom. The third-order valence-corrected chi connectivity index (χ3v) is 44.5. The number of hydrogen-bond donors (Lipinski definition) is 5. The molecule has 2 aromatic heterocycles. The van der Waals surface area contributed by atoms with Crippen LogP contribution in [0.3, 0.4) is 0 Å². The molecule has 0 spiro atoms. The molecule has 668 valence electrons. The topological polar surface area (TPSA) is 333 Å². The zero-order valence-electron chi connectivity index (χ0n) is 73.2. The van der Waals surface area contributed by atoms with Crippen LogP contribution in [0.4, 0.5) is 0 Å². The molecule has 2 saturated carbocycles. The Morgan fingerprint density at radius 3 is 1.39 bits per heavy atom. The third kappa shape index (κ3) is 28.5. The fourth-order valence-electron chi connectivity index (χ4n) is 16.6. The summed E-state index contributed by atoms with van der Waals surface area (Å²) in [6.07, 6.45) is 25.9. The molecule has 8 rings (SSSR count). The number of carbonyl (C=O) groups excluding carboxylic acids is 2. The van der Waals surface area contributed by atoms with E-state index in [1.165, 1.54) is 51.8 Å². The maximum absolute atomic E-state index is 13.9. The molecule has 4 heterocycles. The molecule has 12 atom stereocenters. The number of allylic oxidation sites excluding steroid dienone is 4. The van der Waals surface area contributed by atoms with Crippen molar-refractivity contribution in [2.75, 3.05) is 66.7 Å². The number of nitrogens with two attached hydrogens (primary N) is 2. The number of aryl methyl sites for hydroxylation is 2. The van der Waals surface area contributed by atoms with Crippen LogP contribution in [0, 0.1) is 29.6 Å². The average Bonchev–Trinajstić information content (AvgIpc) is 1.57. The van der Waals surface area contributed by atoms with Gasteiger partial charge in [0, 0.05) is 90.7 Å². The molecule has 2 unspecified atom stereocenters. The number of methoxy groups -OCH3 is 2. The standard InChI is InChI=1S/C50H87N3O8S3Si2.C37H57N3O9S3/c1-14-53(43-37-52(33-24-34-59-9)64(57,58)48-42(43)35-47(62-48)63(51,55)56)46(54)28-23-18-16-15-17-22-27-40-41(32-30-38(2)29-31-39-25-20-19-21-26-39)45(61-66(12,13)50(6,7)8)36-44(40)60-65(10,11)49(3,4)5;1-3-40(32-26-39(22-13-23-49-2)52(47,48)37-31(32)24-36(50-37)51(38,45)46)35(44)17-12-7-5-4-6-11-16-29-30(34(43)25-33(29)42)21-20-28(41)19-18-27-14-9-8-10-15-27/h17,19-22,25-26,35,38,40-41,43-45H,14-16,18,23-24,27-34,36-37H2,1-13H3,(H2,51,55,56);6,8-11,14-15,24,28-30,32-34,41-43H,3-5,7,12-13,16-23,25-26H2,1-2H3,(H2,38,45,46)/b22-17-;11-6-/t38-,40-,41-,43?,44+,45-;28-,29-,30-,32?,33+,34-/m11/s1. The second kappa shape index (κ2) is 45.8. The number of aliphatic hydroxyl groups excluding tert-OH is 3. The van der Waals surface area contributed by atoms with Crippen LogP contribution < -0.4 is 10.3 Å². The van der Waals surface area contributed by atoms with E-state index in [9.17, 15) is 58.6 Å². The minimum Gasteiger partial charge on any atom is -0.414 e. The van der Waals surface area contributed by atoms with Gasteiger partial charge < -0.3 is 43.4 Å². The van der Waals surface area contributed by atoms with Crippen molar-refractivity contribution in [2.24, 2.45) is 39.9 Å². The van der Waals surface area contributed by atoms with Gasteiger partial charge in [-0.15, -0.1) is 22.7 Å². The lowest BCUT2D eigenvalue weighted by molar-refractivity contribution is -0.134. The van der Waals surface area contributed by atoms with E-state index in [2.05, 4.69) is 141 Å². The number of carbonyl (C=O) groups is 2. The lowest BCUT2D eigenvalue weighted by Crippen LogP contribution is -2.47. The summed E-state index contributed by atoms with van der Waals surface area (Å²) in [6.45, 7) is 31.5. The van der Waals surface area contributed by atoms with Crippen molar-refractivity contribution in [3.05, 3.63) is 119 Å². The number of likely N-dealkylation sites (N-methyl/N-ethyl adjacent to an activating group) is 2. The summed E-state index contributed by atoms with van der Waals surface area (Å²) in [7, 11) is -17.3. The first-order valence-electron chi connectivity index (χ1n) is 43.1. The first-order valence-corrected chi connectivity index (χ1v) is 56.5. The number of fused-ring (bicyclic) bond motifs is 2. The Kier molecular flexibility index (Phi) is 39.3. The number of nitrogens with zero attached hydrogens (tertiary/aromatic N) is 4. The molecule has 31 heteroatoms. The molecule has 2 fully saturated rings. The molecule has 2 aliphatic heterocycles. The fraction of sp³-hybridized carbons (Fsp3) is 0.701. The van der Waals surface area contributed by atoms with Gasteiger partial charge in [-0.25, -0.2) is 43.9 Å². The van der Waals surface area contributed by atoms with E-state index in [-0.39, 0.29) is 95.4 Å². The van der Waals surface area contributed by atoms with Crippen LogP contribution in [0.2, 0.25) is 36.3 Å². The number of hydrogen-bond acceptors (Lipinski definition) is 19. The molecule has 0 bridgehead atoms. The number of unbranched alkanes of at least 4 members (excludes halogenated alkanes) is 6. The number of primary sulfonamides is 2. The highest BCUT2D eigenvalue weighted by Gasteiger charge is 2.52. The fourth-order valence-corrected chi connectivity index (χ4v) is 27.9. The van der Waals surface area contributed by atoms with Crippen molar-refractivity contribution in [1.82, 2.24) is 18.4 Å². The molecule has 0 radical (unpaired) electrons. The van der Waals surface area contributed by atoms with Gasteiger partial charge in [0.1, 0.15) is 16.8 Å². The minimum atomic E-state index is -4.15. The number of amides is 2. The largest absolute Gasteiger partial charge is 0.414 e. The quantitative estimate of drug-likeness (QED) is 0.0156. The number of thiophene rings is 2.